The summed E-state index contributed by atoms with van der Waals surface area (Å²) in [5.41, 5.74) is 0.752. The number of nitrogens with zero attached hydrogens (tertiary/aromatic N) is 1. The third-order valence-electron chi connectivity index (χ3n) is 6.18. The molecule has 1 aliphatic heterocycles. The number of hydrogen-bond acceptors (Lipinski definition) is 6. The normalized spacial score (nSPS) is 18.6. The smallest absolute Gasteiger partial charge is 0.254 e. The Hall–Kier alpha value is -3.04. The lowest BCUT2D eigenvalue weighted by Crippen LogP contribution is -2.60. The quantitative estimate of drug-likeness (QED) is 0.487. The molecule has 3 N–H and O–H groups in total. The summed E-state index contributed by atoms with van der Waals surface area (Å²) in [6, 6.07) is 14.2. The van der Waals surface area contributed by atoms with Gasteiger partial charge in [0, 0.05) is 15.8 Å². The van der Waals surface area contributed by atoms with Gasteiger partial charge in [-0.05, 0) is 70.9 Å². The Morgan fingerprint density at radius 2 is 1.73 bits per heavy atom. The maximum Gasteiger partial charge on any atom is 0.254 e. The fraction of sp³-hybridized carbons (Fsp3) is 0.464. The Kier molecular flexibility index (Phi) is 8.92. The number of carbonyl (C=O) groups is 3. The van der Waals surface area contributed by atoms with Gasteiger partial charge in [-0.2, -0.15) is 0 Å². The summed E-state index contributed by atoms with van der Waals surface area (Å²) in [4.78, 5) is 41.4. The van der Waals surface area contributed by atoms with Gasteiger partial charge in [-0.25, -0.2) is 0 Å². The highest BCUT2D eigenvalue weighted by Crippen LogP contribution is 2.40. The molecular formula is C28H37N3O5S. The molecule has 8 nitrogen and oxygen atoms in total. The Morgan fingerprint density at radius 3 is 2.30 bits per heavy atom. The number of benzene rings is 2. The standard InChI is InChI=1S/C28H37N3O5S/c1-27(2,3)30-25(34)23-28(4,5)37-17-31(23)26(35)22(32)21(16-18-10-8-7-9-11-18)29-24(33)19-12-14-20(36-6)15-13-19/h7-15,21-23,32H,16-17H2,1-6H3,(H,29,33)(H,30,34)/t21-,22-,23+/m0/s1. The second-order valence-corrected chi connectivity index (χ2v) is 12.4. The molecule has 1 fully saturated rings. The zero-order valence-corrected chi connectivity index (χ0v) is 23.1. The topological polar surface area (TPSA) is 108 Å². The maximum absolute atomic E-state index is 13.7. The van der Waals surface area contributed by atoms with Crippen LogP contribution >= 0.6 is 11.8 Å². The largest absolute Gasteiger partial charge is 0.497 e. The molecule has 0 aromatic heterocycles. The van der Waals surface area contributed by atoms with Crippen molar-refractivity contribution in [2.45, 2.75) is 69.5 Å². The zero-order chi connectivity index (χ0) is 27.4. The Bertz CT molecular complexity index is 1100. The van der Waals surface area contributed by atoms with Gasteiger partial charge in [-0.1, -0.05) is 30.3 Å². The first-order valence-corrected chi connectivity index (χ1v) is 13.2. The van der Waals surface area contributed by atoms with Crippen molar-refractivity contribution in [2.75, 3.05) is 13.0 Å². The van der Waals surface area contributed by atoms with Gasteiger partial charge < -0.3 is 25.4 Å². The summed E-state index contributed by atoms with van der Waals surface area (Å²) in [5.74, 6) is -0.418. The summed E-state index contributed by atoms with van der Waals surface area (Å²) >= 11 is 1.48. The van der Waals surface area contributed by atoms with E-state index in [4.69, 9.17) is 4.74 Å². The highest BCUT2D eigenvalue weighted by atomic mass is 32.2. The van der Waals surface area contributed by atoms with Crippen LogP contribution in [-0.4, -0.2) is 69.2 Å². The van der Waals surface area contributed by atoms with Crippen molar-refractivity contribution in [3.63, 3.8) is 0 Å². The van der Waals surface area contributed by atoms with E-state index < -0.39 is 40.3 Å². The molecule has 1 aliphatic rings. The van der Waals surface area contributed by atoms with Crippen LogP contribution in [0.3, 0.4) is 0 Å². The SMILES string of the molecule is COc1ccc(C(=O)N[C@@H](Cc2ccccc2)[C@H](O)C(=O)N2CSC(C)(C)[C@H]2C(=O)NC(C)(C)C)cc1. The molecule has 3 atom stereocenters. The molecule has 2 aromatic carbocycles. The Balaban J connectivity index is 1.86. The third kappa shape index (κ3) is 7.26. The van der Waals surface area contributed by atoms with Crippen molar-refractivity contribution in [1.82, 2.24) is 15.5 Å². The van der Waals surface area contributed by atoms with Crippen LogP contribution in [-0.2, 0) is 16.0 Å². The lowest BCUT2D eigenvalue weighted by molar-refractivity contribution is -0.147. The summed E-state index contributed by atoms with van der Waals surface area (Å²) in [6.07, 6.45) is -1.32. The lowest BCUT2D eigenvalue weighted by Gasteiger charge is -2.35. The van der Waals surface area contributed by atoms with Crippen LogP contribution in [0.25, 0.3) is 0 Å². The first-order chi connectivity index (χ1) is 17.3. The number of thioether (sulfide) groups is 1. The molecular weight excluding hydrogens is 490 g/mol. The van der Waals surface area contributed by atoms with E-state index in [1.807, 2.05) is 65.0 Å². The van der Waals surface area contributed by atoms with Crippen molar-refractivity contribution >= 4 is 29.5 Å². The van der Waals surface area contributed by atoms with Crippen molar-refractivity contribution in [1.29, 1.82) is 0 Å². The van der Waals surface area contributed by atoms with Crippen LogP contribution in [0.5, 0.6) is 5.75 Å². The van der Waals surface area contributed by atoms with Gasteiger partial charge in [-0.15, -0.1) is 11.8 Å². The second-order valence-electron chi connectivity index (χ2n) is 10.8. The van der Waals surface area contributed by atoms with Gasteiger partial charge in [0.25, 0.3) is 11.8 Å². The number of rotatable bonds is 8. The fourth-order valence-electron chi connectivity index (χ4n) is 4.30. The molecule has 0 radical (unpaired) electrons. The van der Waals surface area contributed by atoms with E-state index in [0.29, 0.717) is 11.3 Å². The second kappa shape index (κ2) is 11.6. The predicted molar refractivity (Wildman–Crippen MR) is 145 cm³/mol. The van der Waals surface area contributed by atoms with Gasteiger partial charge in [0.2, 0.25) is 5.91 Å². The van der Waals surface area contributed by atoms with Gasteiger partial charge in [0.05, 0.1) is 19.0 Å². The van der Waals surface area contributed by atoms with Crippen LogP contribution in [0.4, 0.5) is 0 Å². The number of methoxy groups -OCH3 is 1. The summed E-state index contributed by atoms with van der Waals surface area (Å²) in [7, 11) is 1.54. The molecule has 1 heterocycles. The van der Waals surface area contributed by atoms with Gasteiger partial charge in [0.15, 0.2) is 6.10 Å². The molecule has 9 heteroatoms. The molecule has 200 valence electrons. The molecule has 0 spiro atoms. The van der Waals surface area contributed by atoms with Gasteiger partial charge in [0.1, 0.15) is 11.8 Å². The monoisotopic (exact) mass is 527 g/mol. The number of nitrogens with one attached hydrogen (secondary N) is 2. The minimum Gasteiger partial charge on any atom is -0.497 e. The van der Waals surface area contributed by atoms with E-state index in [1.54, 1.807) is 31.4 Å². The van der Waals surface area contributed by atoms with Crippen LogP contribution in [0.1, 0.15) is 50.5 Å². The van der Waals surface area contributed by atoms with E-state index in [1.165, 1.54) is 16.7 Å². The van der Waals surface area contributed by atoms with E-state index in [0.717, 1.165) is 5.56 Å². The molecule has 1 saturated heterocycles. The average Bonchev–Trinajstić information content (AvgIpc) is 3.17. The molecule has 0 unspecified atom stereocenters. The van der Waals surface area contributed by atoms with E-state index in [9.17, 15) is 19.5 Å². The number of ether oxygens (including phenoxy) is 1. The first-order valence-electron chi connectivity index (χ1n) is 12.3. The third-order valence-corrected chi connectivity index (χ3v) is 7.55. The van der Waals surface area contributed by atoms with Crippen molar-refractivity contribution in [3.8, 4) is 5.75 Å². The van der Waals surface area contributed by atoms with Crippen molar-refractivity contribution < 1.29 is 24.2 Å². The first kappa shape index (κ1) is 28.5. The minimum absolute atomic E-state index is 0.235. The highest BCUT2D eigenvalue weighted by Gasteiger charge is 2.50. The predicted octanol–water partition coefficient (Wildman–Crippen LogP) is 2.99. The summed E-state index contributed by atoms with van der Waals surface area (Å²) < 4.78 is 4.61. The van der Waals surface area contributed by atoms with E-state index >= 15 is 0 Å². The maximum atomic E-state index is 13.7. The lowest BCUT2D eigenvalue weighted by atomic mass is 9.96. The minimum atomic E-state index is -1.55. The molecule has 37 heavy (non-hydrogen) atoms. The number of amides is 3. The number of carbonyl (C=O) groups excluding carboxylic acids is 3. The van der Waals surface area contributed by atoms with Gasteiger partial charge >= 0.3 is 0 Å². The number of aliphatic hydroxyl groups excluding tert-OH is 1. The zero-order valence-electron chi connectivity index (χ0n) is 22.3. The summed E-state index contributed by atoms with van der Waals surface area (Å²) in [6.45, 7) is 9.47. The summed E-state index contributed by atoms with van der Waals surface area (Å²) in [5, 5.41) is 17.1. The Morgan fingerprint density at radius 1 is 1.11 bits per heavy atom. The number of hydrogen-bond donors (Lipinski definition) is 3. The van der Waals surface area contributed by atoms with E-state index in [2.05, 4.69) is 10.6 Å². The van der Waals surface area contributed by atoms with Crippen LogP contribution in [0, 0.1) is 0 Å². The van der Waals surface area contributed by atoms with Crippen LogP contribution in [0.2, 0.25) is 0 Å². The van der Waals surface area contributed by atoms with E-state index in [-0.39, 0.29) is 18.2 Å². The molecule has 0 bridgehead atoms. The molecule has 3 rings (SSSR count). The Labute approximate surface area is 223 Å². The van der Waals surface area contributed by atoms with Gasteiger partial charge in [-0.3, -0.25) is 14.4 Å². The molecule has 3 amide bonds. The highest BCUT2D eigenvalue weighted by molar-refractivity contribution is 8.00. The van der Waals surface area contributed by atoms with Crippen molar-refractivity contribution in [2.24, 2.45) is 0 Å². The van der Waals surface area contributed by atoms with Crippen LogP contribution < -0.4 is 15.4 Å². The average molecular weight is 528 g/mol. The fourth-order valence-corrected chi connectivity index (χ4v) is 5.44. The van der Waals surface area contributed by atoms with Crippen molar-refractivity contribution in [3.05, 3.63) is 65.7 Å². The van der Waals surface area contributed by atoms with Crippen LogP contribution in [0.15, 0.2) is 54.6 Å². The molecule has 0 aliphatic carbocycles. The molecule has 2 aromatic rings. The molecule has 0 saturated carbocycles. The number of aliphatic hydroxyl groups is 1.